The molecule has 0 atom stereocenters. The highest BCUT2D eigenvalue weighted by Crippen LogP contribution is 2.28. The number of rotatable bonds is 9. The smallest absolute Gasteiger partial charge is 0.271 e. The number of non-ortho nitro benzene ring substituents is 1. The van der Waals surface area contributed by atoms with Crippen LogP contribution < -0.4 is 10.1 Å². The average molecular weight is 381 g/mol. The predicted octanol–water partition coefficient (Wildman–Crippen LogP) is 3.93. The van der Waals surface area contributed by atoms with Gasteiger partial charge in [-0.3, -0.25) is 14.9 Å². The number of nitrogens with one attached hydrogen (secondary N) is 1. The number of carbonyl (C=O) groups is 1. The fourth-order valence-electron chi connectivity index (χ4n) is 1.92. The summed E-state index contributed by atoms with van der Waals surface area (Å²) in [5.41, 5.74) is -0.127. The van der Waals surface area contributed by atoms with E-state index in [-0.39, 0.29) is 29.0 Å². The number of halogens is 1. The summed E-state index contributed by atoms with van der Waals surface area (Å²) in [6, 6.07) is 13.9. The molecule has 0 saturated carbocycles. The Kier molecular flexibility index (Phi) is 7.56. The Morgan fingerprint density at radius 1 is 1.24 bits per heavy atom. The molecule has 0 spiro atoms. The number of amides is 1. The number of ether oxygens (including phenoxy) is 1. The molecule has 0 aliphatic rings. The van der Waals surface area contributed by atoms with Crippen molar-refractivity contribution in [1.29, 1.82) is 0 Å². The minimum atomic E-state index is -0.546. The van der Waals surface area contributed by atoms with E-state index in [0.29, 0.717) is 6.54 Å². The van der Waals surface area contributed by atoms with Gasteiger partial charge in [-0.1, -0.05) is 29.8 Å². The van der Waals surface area contributed by atoms with E-state index in [1.54, 1.807) is 11.8 Å². The molecule has 1 amide bonds. The third-order valence-electron chi connectivity index (χ3n) is 3.14. The summed E-state index contributed by atoms with van der Waals surface area (Å²) in [6.07, 6.45) is 0.837. The van der Waals surface area contributed by atoms with Crippen LogP contribution in [0.4, 0.5) is 5.69 Å². The summed E-state index contributed by atoms with van der Waals surface area (Å²) in [6.45, 7) is 0.360. The molecule has 0 heterocycles. The molecule has 1 N–H and O–H groups in total. The summed E-state index contributed by atoms with van der Waals surface area (Å²) < 4.78 is 5.29. The normalized spacial score (nSPS) is 10.3. The molecule has 0 bridgehead atoms. The van der Waals surface area contributed by atoms with Gasteiger partial charge >= 0.3 is 0 Å². The molecule has 0 radical (unpaired) electrons. The van der Waals surface area contributed by atoms with Crippen molar-refractivity contribution < 1.29 is 14.5 Å². The van der Waals surface area contributed by atoms with E-state index in [1.165, 1.54) is 23.1 Å². The first-order chi connectivity index (χ1) is 12.1. The largest absolute Gasteiger partial charge is 0.482 e. The lowest BCUT2D eigenvalue weighted by molar-refractivity contribution is -0.384. The van der Waals surface area contributed by atoms with Crippen molar-refractivity contribution in [2.45, 2.75) is 11.3 Å². The third kappa shape index (κ3) is 6.64. The van der Waals surface area contributed by atoms with E-state index in [9.17, 15) is 14.9 Å². The van der Waals surface area contributed by atoms with Crippen LogP contribution in [0.3, 0.4) is 0 Å². The van der Waals surface area contributed by atoms with E-state index >= 15 is 0 Å². The van der Waals surface area contributed by atoms with Gasteiger partial charge in [0.1, 0.15) is 5.75 Å². The Morgan fingerprint density at radius 2 is 2.00 bits per heavy atom. The van der Waals surface area contributed by atoms with Crippen molar-refractivity contribution in [3.8, 4) is 5.75 Å². The van der Waals surface area contributed by atoms with Gasteiger partial charge in [0.15, 0.2) is 6.61 Å². The van der Waals surface area contributed by atoms with Crippen LogP contribution in [0.15, 0.2) is 53.4 Å². The molecule has 2 aromatic rings. The van der Waals surface area contributed by atoms with Crippen molar-refractivity contribution in [1.82, 2.24) is 5.32 Å². The van der Waals surface area contributed by atoms with Crippen molar-refractivity contribution in [3.63, 3.8) is 0 Å². The summed E-state index contributed by atoms with van der Waals surface area (Å²) in [7, 11) is 0. The van der Waals surface area contributed by atoms with Gasteiger partial charge in [0.2, 0.25) is 0 Å². The number of thioether (sulfide) groups is 1. The maximum absolute atomic E-state index is 11.7. The summed E-state index contributed by atoms with van der Waals surface area (Å²) in [4.78, 5) is 23.0. The second-order valence-electron chi connectivity index (χ2n) is 5.03. The lowest BCUT2D eigenvalue weighted by Crippen LogP contribution is -2.30. The Morgan fingerprint density at radius 3 is 2.68 bits per heavy atom. The molecule has 2 rings (SSSR count). The molecule has 0 aromatic heterocycles. The van der Waals surface area contributed by atoms with Gasteiger partial charge in [0.05, 0.1) is 9.95 Å². The summed E-state index contributed by atoms with van der Waals surface area (Å²) >= 11 is 7.63. The zero-order chi connectivity index (χ0) is 18.1. The van der Waals surface area contributed by atoms with Crippen LogP contribution in [0, 0.1) is 10.1 Å². The minimum absolute atomic E-state index is 0.0984. The molecule has 25 heavy (non-hydrogen) atoms. The van der Waals surface area contributed by atoms with Crippen LogP contribution in [0.1, 0.15) is 6.42 Å². The van der Waals surface area contributed by atoms with E-state index in [0.717, 1.165) is 12.2 Å². The van der Waals surface area contributed by atoms with Crippen molar-refractivity contribution in [3.05, 3.63) is 63.7 Å². The number of nitro benzene ring substituents is 1. The topological polar surface area (TPSA) is 81.5 Å². The highest BCUT2D eigenvalue weighted by Gasteiger charge is 2.11. The molecule has 132 valence electrons. The fourth-order valence-corrected chi connectivity index (χ4v) is 3.02. The summed E-state index contributed by atoms with van der Waals surface area (Å²) in [5.74, 6) is 0.875. The van der Waals surface area contributed by atoms with Crippen LogP contribution in [0.2, 0.25) is 5.02 Å². The number of hydrogen-bond donors (Lipinski definition) is 1. The molecule has 0 saturated heterocycles. The summed E-state index contributed by atoms with van der Waals surface area (Å²) in [5, 5.41) is 13.5. The van der Waals surface area contributed by atoms with Gasteiger partial charge in [-0.25, -0.2) is 0 Å². The lowest BCUT2D eigenvalue weighted by Gasteiger charge is -2.08. The Hall–Kier alpha value is -2.25. The number of nitro groups is 1. The van der Waals surface area contributed by atoms with Crippen LogP contribution in [-0.4, -0.2) is 29.7 Å². The first-order valence-electron chi connectivity index (χ1n) is 7.57. The molecule has 0 aliphatic heterocycles. The van der Waals surface area contributed by atoms with Gasteiger partial charge in [0.25, 0.3) is 11.6 Å². The number of nitrogens with zero attached hydrogens (tertiary/aromatic N) is 1. The third-order valence-corrected chi connectivity index (χ3v) is 4.53. The minimum Gasteiger partial charge on any atom is -0.482 e. The standard InChI is InChI=1S/C17H17ClN2O4S/c18-15-11-13(20(22)23)7-8-16(15)24-12-17(21)19-9-4-10-25-14-5-2-1-3-6-14/h1-3,5-8,11H,4,9-10,12H2,(H,19,21). The molecule has 2 aromatic carbocycles. The maximum atomic E-state index is 11.7. The van der Waals surface area contributed by atoms with Gasteiger partial charge < -0.3 is 10.1 Å². The zero-order valence-electron chi connectivity index (χ0n) is 13.3. The quantitative estimate of drug-likeness (QED) is 0.308. The van der Waals surface area contributed by atoms with Crippen molar-refractivity contribution in [2.24, 2.45) is 0 Å². The van der Waals surface area contributed by atoms with Crippen LogP contribution >= 0.6 is 23.4 Å². The van der Waals surface area contributed by atoms with E-state index in [4.69, 9.17) is 16.3 Å². The highest BCUT2D eigenvalue weighted by atomic mass is 35.5. The highest BCUT2D eigenvalue weighted by molar-refractivity contribution is 7.99. The van der Waals surface area contributed by atoms with Gasteiger partial charge in [-0.15, -0.1) is 11.8 Å². The second kappa shape index (κ2) is 9.90. The monoisotopic (exact) mass is 380 g/mol. The second-order valence-corrected chi connectivity index (χ2v) is 6.60. The molecule has 8 heteroatoms. The molecule has 0 aliphatic carbocycles. The molecular weight excluding hydrogens is 364 g/mol. The zero-order valence-corrected chi connectivity index (χ0v) is 14.9. The van der Waals surface area contributed by atoms with Crippen LogP contribution in [-0.2, 0) is 4.79 Å². The fraction of sp³-hybridized carbons (Fsp3) is 0.235. The van der Waals surface area contributed by atoms with Gasteiger partial charge in [-0.05, 0) is 30.4 Å². The lowest BCUT2D eigenvalue weighted by atomic mass is 10.3. The molecular formula is C17H17ClN2O4S. The average Bonchev–Trinajstić information content (AvgIpc) is 2.61. The van der Waals surface area contributed by atoms with E-state index in [1.807, 2.05) is 30.3 Å². The Bertz CT molecular complexity index is 728. The predicted molar refractivity (Wildman–Crippen MR) is 98.4 cm³/mol. The molecule has 6 nitrogen and oxygen atoms in total. The first kappa shape index (κ1) is 19.1. The first-order valence-corrected chi connectivity index (χ1v) is 8.94. The van der Waals surface area contributed by atoms with Crippen molar-refractivity contribution in [2.75, 3.05) is 18.9 Å². The van der Waals surface area contributed by atoms with E-state index < -0.39 is 4.92 Å². The Labute approximate surface area is 154 Å². The SMILES string of the molecule is O=C(COc1ccc([N+](=O)[O-])cc1Cl)NCCCSc1ccccc1. The number of hydrogen-bond acceptors (Lipinski definition) is 5. The van der Waals surface area contributed by atoms with Crippen LogP contribution in [0.25, 0.3) is 0 Å². The maximum Gasteiger partial charge on any atom is 0.271 e. The number of benzene rings is 2. The van der Waals surface area contributed by atoms with Gasteiger partial charge in [0, 0.05) is 23.6 Å². The van der Waals surface area contributed by atoms with Gasteiger partial charge in [-0.2, -0.15) is 0 Å². The molecule has 0 fully saturated rings. The number of carbonyl (C=O) groups excluding carboxylic acids is 1. The van der Waals surface area contributed by atoms with E-state index in [2.05, 4.69) is 5.32 Å². The Balaban J connectivity index is 1.65. The van der Waals surface area contributed by atoms with Crippen molar-refractivity contribution >= 4 is 35.0 Å². The molecule has 0 unspecified atom stereocenters. The van der Waals surface area contributed by atoms with Crippen LogP contribution in [0.5, 0.6) is 5.75 Å².